The van der Waals surface area contributed by atoms with Crippen LogP contribution in [-0.4, -0.2) is 15.3 Å². The maximum absolute atomic E-state index is 11.1. The summed E-state index contributed by atoms with van der Waals surface area (Å²) in [5.41, 5.74) is 0.883. The molecule has 3 N–H and O–H groups in total. The van der Waals surface area contributed by atoms with E-state index in [1.54, 1.807) is 24.3 Å². The van der Waals surface area contributed by atoms with Gasteiger partial charge in [0.2, 0.25) is 0 Å². The summed E-state index contributed by atoms with van der Waals surface area (Å²) in [7, 11) is 0. The lowest BCUT2D eigenvalue weighted by Gasteiger charge is -2.00. The lowest BCUT2D eigenvalue weighted by Crippen LogP contribution is -1.97. The summed E-state index contributed by atoms with van der Waals surface area (Å²) in [4.78, 5) is 11.1. The molecule has 1 aromatic carbocycles. The van der Waals surface area contributed by atoms with E-state index in [1.165, 1.54) is 0 Å². The van der Waals surface area contributed by atoms with Gasteiger partial charge in [0, 0.05) is 5.56 Å². The summed E-state index contributed by atoms with van der Waals surface area (Å²) in [5, 5.41) is 14.7. The third-order valence-electron chi connectivity index (χ3n) is 1.89. The molecule has 14 heavy (non-hydrogen) atoms. The Bertz CT molecular complexity index is 516. The molecule has 4 nitrogen and oxygen atoms in total. The Hall–Kier alpha value is -1.49. The van der Waals surface area contributed by atoms with E-state index in [9.17, 15) is 9.90 Å². The van der Waals surface area contributed by atoms with Gasteiger partial charge in [0.15, 0.2) is 0 Å². The van der Waals surface area contributed by atoms with Crippen molar-refractivity contribution in [1.29, 1.82) is 0 Å². The Labute approximate surface area is 87.7 Å². The Kier molecular flexibility index (Phi) is 2.17. The highest BCUT2D eigenvalue weighted by molar-refractivity contribution is 9.10. The van der Waals surface area contributed by atoms with E-state index in [1.807, 2.05) is 0 Å². The van der Waals surface area contributed by atoms with Crippen LogP contribution in [0, 0.1) is 0 Å². The minimum absolute atomic E-state index is 0.128. The fraction of sp³-hybridized carbons (Fsp3) is 0. The Morgan fingerprint density at radius 2 is 1.93 bits per heavy atom. The first-order valence-corrected chi connectivity index (χ1v) is 4.74. The van der Waals surface area contributed by atoms with Crippen molar-refractivity contribution < 1.29 is 5.11 Å². The monoisotopic (exact) mass is 254 g/mol. The van der Waals surface area contributed by atoms with Gasteiger partial charge in [-0.2, -0.15) is 0 Å². The molecule has 0 atom stereocenters. The topological polar surface area (TPSA) is 68.9 Å². The molecule has 0 unspecified atom stereocenters. The van der Waals surface area contributed by atoms with Gasteiger partial charge < -0.3 is 5.11 Å². The van der Waals surface area contributed by atoms with E-state index in [0.717, 1.165) is 0 Å². The number of nitrogens with one attached hydrogen (secondary N) is 2. The average molecular weight is 255 g/mol. The number of hydrogen-bond acceptors (Lipinski definition) is 2. The zero-order chi connectivity index (χ0) is 10.1. The second-order valence-electron chi connectivity index (χ2n) is 2.79. The maximum atomic E-state index is 11.1. The number of phenols is 1. The first-order valence-electron chi connectivity index (χ1n) is 3.94. The van der Waals surface area contributed by atoms with Crippen molar-refractivity contribution in [2.45, 2.75) is 0 Å². The van der Waals surface area contributed by atoms with Crippen LogP contribution in [0.15, 0.2) is 33.5 Å². The molecule has 0 fully saturated rings. The lowest BCUT2D eigenvalue weighted by molar-refractivity contribution is 0.477. The van der Waals surface area contributed by atoms with Gasteiger partial charge in [0.05, 0.1) is 5.69 Å². The number of rotatable bonds is 1. The number of aromatic nitrogens is 2. The number of hydrogen-bond donors (Lipinski definition) is 3. The molecule has 1 heterocycles. The van der Waals surface area contributed by atoms with Crippen LogP contribution < -0.4 is 5.56 Å². The molecule has 0 amide bonds. The lowest BCUT2D eigenvalue weighted by atomic mass is 10.1. The van der Waals surface area contributed by atoms with Gasteiger partial charge in [-0.1, -0.05) is 12.1 Å². The zero-order valence-electron chi connectivity index (χ0n) is 7.04. The third kappa shape index (κ3) is 1.35. The highest BCUT2D eigenvalue weighted by Gasteiger charge is 2.11. The molecule has 0 saturated carbocycles. The molecule has 72 valence electrons. The van der Waals surface area contributed by atoms with Crippen molar-refractivity contribution in [2.75, 3.05) is 0 Å². The number of aromatic amines is 2. The predicted octanol–water partition coefficient (Wildman–Crippen LogP) is 1.84. The van der Waals surface area contributed by atoms with Crippen LogP contribution in [-0.2, 0) is 0 Å². The fourth-order valence-electron chi connectivity index (χ4n) is 1.21. The molecule has 0 radical (unpaired) electrons. The number of benzene rings is 1. The molecule has 0 aliphatic rings. The van der Waals surface area contributed by atoms with E-state index in [2.05, 4.69) is 26.1 Å². The number of phenolic OH excluding ortho intramolecular Hbond substituents is 1. The van der Waals surface area contributed by atoms with Crippen molar-refractivity contribution in [3.63, 3.8) is 0 Å². The molecule has 2 rings (SSSR count). The first-order chi connectivity index (χ1) is 6.70. The number of aromatic hydroxyl groups is 1. The minimum atomic E-state index is -0.247. The molecule has 0 bridgehead atoms. The largest absolute Gasteiger partial charge is 0.507 e. The second kappa shape index (κ2) is 3.34. The van der Waals surface area contributed by atoms with Crippen LogP contribution in [0.1, 0.15) is 0 Å². The van der Waals surface area contributed by atoms with Gasteiger partial charge in [-0.25, -0.2) is 0 Å². The summed E-state index contributed by atoms with van der Waals surface area (Å²) in [5.74, 6) is 0.128. The molecule has 0 aliphatic heterocycles. The van der Waals surface area contributed by atoms with Crippen molar-refractivity contribution >= 4 is 15.9 Å². The maximum Gasteiger partial charge on any atom is 0.278 e. The highest BCUT2D eigenvalue weighted by Crippen LogP contribution is 2.30. The van der Waals surface area contributed by atoms with Gasteiger partial charge in [-0.15, -0.1) is 0 Å². The standard InChI is InChI=1S/C9H7BrN2O2/c10-7-8(11-12-9(7)14)5-3-1-2-4-6(5)13/h1-4,13H,(H2,11,12,14). The average Bonchev–Trinajstić information content (AvgIpc) is 2.49. The molecule has 0 spiro atoms. The normalized spacial score (nSPS) is 10.4. The van der Waals surface area contributed by atoms with Crippen LogP contribution in [0.3, 0.4) is 0 Å². The zero-order valence-corrected chi connectivity index (χ0v) is 8.63. The summed E-state index contributed by atoms with van der Waals surface area (Å²) in [6.07, 6.45) is 0. The van der Waals surface area contributed by atoms with E-state index in [-0.39, 0.29) is 11.3 Å². The second-order valence-corrected chi connectivity index (χ2v) is 3.58. The molecule has 2 aromatic rings. The highest BCUT2D eigenvalue weighted by atomic mass is 79.9. The van der Waals surface area contributed by atoms with Crippen LogP contribution in [0.25, 0.3) is 11.3 Å². The first kappa shape index (κ1) is 9.08. The summed E-state index contributed by atoms with van der Waals surface area (Å²) < 4.78 is 0.388. The molecule has 5 heteroatoms. The van der Waals surface area contributed by atoms with Gasteiger partial charge >= 0.3 is 0 Å². The molecule has 1 aromatic heterocycles. The van der Waals surface area contributed by atoms with Gasteiger partial charge in [0.1, 0.15) is 10.2 Å². The number of halogens is 1. The van der Waals surface area contributed by atoms with Crippen LogP contribution in [0.2, 0.25) is 0 Å². The molecule has 0 aliphatic carbocycles. The van der Waals surface area contributed by atoms with Crippen LogP contribution in [0.5, 0.6) is 5.75 Å². The smallest absolute Gasteiger partial charge is 0.278 e. The van der Waals surface area contributed by atoms with Crippen molar-refractivity contribution in [1.82, 2.24) is 10.2 Å². The van der Waals surface area contributed by atoms with E-state index in [4.69, 9.17) is 0 Å². The van der Waals surface area contributed by atoms with Gasteiger partial charge in [-0.3, -0.25) is 15.0 Å². The van der Waals surface area contributed by atoms with Crippen molar-refractivity contribution in [2.24, 2.45) is 0 Å². The van der Waals surface area contributed by atoms with Crippen LogP contribution >= 0.6 is 15.9 Å². The molecular weight excluding hydrogens is 248 g/mol. The number of H-pyrrole nitrogens is 2. The van der Waals surface area contributed by atoms with Crippen molar-refractivity contribution in [3.05, 3.63) is 39.1 Å². The quantitative estimate of drug-likeness (QED) is 0.727. The predicted molar refractivity (Wildman–Crippen MR) is 56.2 cm³/mol. The van der Waals surface area contributed by atoms with E-state index >= 15 is 0 Å². The summed E-state index contributed by atoms with van der Waals surface area (Å²) >= 11 is 3.13. The molecular formula is C9H7BrN2O2. The van der Waals surface area contributed by atoms with E-state index < -0.39 is 0 Å². The summed E-state index contributed by atoms with van der Waals surface area (Å²) in [6, 6.07) is 6.79. The van der Waals surface area contributed by atoms with Gasteiger partial charge in [-0.05, 0) is 28.1 Å². The minimum Gasteiger partial charge on any atom is -0.507 e. The Balaban J connectivity index is 2.66. The SMILES string of the molecule is O=c1[nH][nH]c(-c2ccccc2O)c1Br. The van der Waals surface area contributed by atoms with Crippen LogP contribution in [0.4, 0.5) is 0 Å². The Morgan fingerprint density at radius 1 is 1.21 bits per heavy atom. The third-order valence-corrected chi connectivity index (χ3v) is 2.65. The molecule has 0 saturated heterocycles. The van der Waals surface area contributed by atoms with Crippen molar-refractivity contribution in [3.8, 4) is 17.0 Å². The summed E-state index contributed by atoms with van der Waals surface area (Å²) in [6.45, 7) is 0. The Morgan fingerprint density at radius 3 is 2.50 bits per heavy atom. The van der Waals surface area contributed by atoms with E-state index in [0.29, 0.717) is 15.7 Å². The fourth-order valence-corrected chi connectivity index (χ4v) is 1.62. The van der Waals surface area contributed by atoms with Gasteiger partial charge in [0.25, 0.3) is 5.56 Å². The number of para-hydroxylation sites is 1.